The van der Waals surface area contributed by atoms with Crippen LogP contribution in [0.1, 0.15) is 12.0 Å². The summed E-state index contributed by atoms with van der Waals surface area (Å²) in [5, 5.41) is 11.1. The van der Waals surface area contributed by atoms with Crippen LogP contribution < -0.4 is 10.1 Å². The summed E-state index contributed by atoms with van der Waals surface area (Å²) in [5.74, 6) is -3.18. The van der Waals surface area contributed by atoms with Gasteiger partial charge in [-0.1, -0.05) is 0 Å². The molecule has 1 aliphatic heterocycles. The summed E-state index contributed by atoms with van der Waals surface area (Å²) in [7, 11) is 3.26. The molecule has 2 N–H and O–H groups in total. The molecule has 0 radical (unpaired) electrons. The fraction of sp³-hybridized carbons (Fsp3) is 0.333. The molecule has 0 amide bonds. The van der Waals surface area contributed by atoms with Gasteiger partial charge in [0.25, 0.3) is 0 Å². The van der Waals surface area contributed by atoms with Gasteiger partial charge in [-0.2, -0.15) is 0 Å². The number of nitrogens with zero attached hydrogens (tertiary/aromatic N) is 1. The molecule has 9 heteroatoms. The molecule has 1 unspecified atom stereocenters. The van der Waals surface area contributed by atoms with Crippen LogP contribution in [0.2, 0.25) is 0 Å². The molecule has 2 aromatic carbocycles. The van der Waals surface area contributed by atoms with Gasteiger partial charge >= 0.3 is 0 Å². The van der Waals surface area contributed by atoms with Crippen LogP contribution in [0.5, 0.6) is 11.5 Å². The predicted octanol–water partition coefficient (Wildman–Crippen LogP) is 3.41. The van der Waals surface area contributed by atoms with Crippen molar-refractivity contribution < 1.29 is 27.4 Å². The third kappa shape index (κ3) is 4.25. The average molecular weight is 421 g/mol. The van der Waals surface area contributed by atoms with Crippen molar-refractivity contribution in [2.45, 2.75) is 12.0 Å². The van der Waals surface area contributed by atoms with Crippen molar-refractivity contribution in [3.63, 3.8) is 0 Å². The van der Waals surface area contributed by atoms with Crippen molar-refractivity contribution in [1.82, 2.24) is 10.2 Å². The van der Waals surface area contributed by atoms with Crippen molar-refractivity contribution >= 4 is 12.2 Å². The van der Waals surface area contributed by atoms with Crippen LogP contribution >= 0.6 is 0 Å². The van der Waals surface area contributed by atoms with E-state index in [0.717, 1.165) is 24.3 Å². The second kappa shape index (κ2) is 8.74. The summed E-state index contributed by atoms with van der Waals surface area (Å²) < 4.78 is 53.4. The van der Waals surface area contributed by atoms with Gasteiger partial charge in [0.1, 0.15) is 29.2 Å². The van der Waals surface area contributed by atoms with Crippen molar-refractivity contribution in [2.75, 3.05) is 27.3 Å². The third-order valence-corrected chi connectivity index (χ3v) is 5.03. The molecule has 1 fully saturated rings. The largest absolute Gasteiger partial charge is 0.454 e. The molecule has 0 aromatic heterocycles. The smallest absolute Gasteiger partial charge is 0.191 e. The number of hydrogen-bond acceptors (Lipinski definition) is 4. The number of nitrogens with one attached hydrogen (secondary N) is 2. The Kier molecular flexibility index (Phi) is 6.31. The van der Waals surface area contributed by atoms with Gasteiger partial charge in [-0.25, -0.2) is 13.2 Å². The van der Waals surface area contributed by atoms with E-state index in [1.54, 1.807) is 14.1 Å². The Labute approximate surface area is 172 Å². The highest BCUT2D eigenvalue weighted by atomic mass is 19.1. The van der Waals surface area contributed by atoms with Crippen molar-refractivity contribution in [3.05, 3.63) is 59.4 Å². The van der Waals surface area contributed by atoms with E-state index in [1.807, 2.05) is 0 Å². The van der Waals surface area contributed by atoms with E-state index in [2.05, 4.69) is 5.32 Å². The normalized spacial score (nSPS) is 21.0. The molecule has 2 atom stereocenters. The molecule has 30 heavy (non-hydrogen) atoms. The van der Waals surface area contributed by atoms with Crippen molar-refractivity contribution in [1.29, 1.82) is 5.41 Å². The monoisotopic (exact) mass is 421 g/mol. The molecule has 0 aliphatic carbocycles. The first-order valence-electron chi connectivity index (χ1n) is 9.27. The number of aldehydes is 1. The maximum Gasteiger partial charge on any atom is 0.191 e. The van der Waals surface area contributed by atoms with E-state index in [9.17, 15) is 18.0 Å². The number of benzene rings is 2. The van der Waals surface area contributed by atoms with Crippen molar-refractivity contribution in [3.8, 4) is 11.5 Å². The second-order valence-electron chi connectivity index (χ2n) is 7.24. The number of hydrogen-bond donors (Lipinski definition) is 2. The fourth-order valence-electron chi connectivity index (χ4n) is 3.37. The van der Waals surface area contributed by atoms with Crippen LogP contribution in [0.15, 0.2) is 36.4 Å². The number of carbonyl (C=O) groups excluding carboxylic acids is 1. The zero-order valence-corrected chi connectivity index (χ0v) is 16.5. The molecule has 6 nitrogen and oxygen atoms in total. The summed E-state index contributed by atoms with van der Waals surface area (Å²) in [6, 6.07) is 6.45. The minimum Gasteiger partial charge on any atom is -0.454 e. The molecule has 0 bridgehead atoms. The molecule has 0 saturated carbocycles. The summed E-state index contributed by atoms with van der Waals surface area (Å²) in [6.45, 7) is 0.246. The van der Waals surface area contributed by atoms with Crippen LogP contribution in [-0.4, -0.2) is 44.5 Å². The molecule has 160 valence electrons. The number of rotatable bonds is 5. The second-order valence-corrected chi connectivity index (χ2v) is 7.24. The predicted molar refractivity (Wildman–Crippen MR) is 104 cm³/mol. The maximum absolute atomic E-state index is 15.0. The highest BCUT2D eigenvalue weighted by Crippen LogP contribution is 2.39. The quantitative estimate of drug-likeness (QED) is 0.440. The first-order valence-corrected chi connectivity index (χ1v) is 9.27. The highest BCUT2D eigenvalue weighted by molar-refractivity contribution is 5.78. The number of guanidine groups is 1. The van der Waals surface area contributed by atoms with Crippen LogP contribution in [0, 0.1) is 28.8 Å². The summed E-state index contributed by atoms with van der Waals surface area (Å²) in [4.78, 5) is 13.3. The molecule has 1 heterocycles. The molecule has 1 aliphatic rings. The lowest BCUT2D eigenvalue weighted by molar-refractivity contribution is -0.119. The zero-order chi connectivity index (χ0) is 21.9. The van der Waals surface area contributed by atoms with E-state index in [0.29, 0.717) is 19.3 Å². The topological polar surface area (TPSA) is 74.7 Å². The van der Waals surface area contributed by atoms with Gasteiger partial charge in [0.15, 0.2) is 17.5 Å². The lowest BCUT2D eigenvalue weighted by Crippen LogP contribution is -2.59. The van der Waals surface area contributed by atoms with Crippen LogP contribution in [0.3, 0.4) is 0 Å². The third-order valence-electron chi connectivity index (χ3n) is 5.03. The van der Waals surface area contributed by atoms with Gasteiger partial charge in [0, 0.05) is 38.2 Å². The van der Waals surface area contributed by atoms with Gasteiger partial charge < -0.3 is 24.5 Å². The highest BCUT2D eigenvalue weighted by Gasteiger charge is 2.46. The molecule has 2 aromatic rings. The molecule has 1 saturated heterocycles. The summed E-state index contributed by atoms with van der Waals surface area (Å²) >= 11 is 0. The Morgan fingerprint density at radius 3 is 2.67 bits per heavy atom. The number of carbonyl (C=O) groups is 1. The number of halogens is 3. The SMILES string of the molecule is CN(C)C(=N)N[C@@]1(c2cc(Oc3cc(F)ccc3F)ccc2F)COCCC1C=O. The Balaban J connectivity index is 2.07. The first kappa shape index (κ1) is 21.6. The van der Waals surface area contributed by atoms with Gasteiger partial charge in [0.2, 0.25) is 0 Å². The molecular weight excluding hydrogens is 399 g/mol. The summed E-state index contributed by atoms with van der Waals surface area (Å²) in [5.41, 5.74) is -1.34. The first-order chi connectivity index (χ1) is 14.3. The lowest BCUT2D eigenvalue weighted by Gasteiger charge is -2.44. The minimum atomic E-state index is -1.37. The molecule has 3 rings (SSSR count). The van der Waals surface area contributed by atoms with Gasteiger partial charge in [0.05, 0.1) is 6.61 Å². The van der Waals surface area contributed by atoms with E-state index in [1.165, 1.54) is 17.0 Å². The standard InChI is InChI=1S/C21H22F3N3O3/c1-27(2)20(25)26-21(12-29-8-7-13(21)11-28)16-10-15(4-6-17(16)23)30-19-9-14(22)3-5-18(19)24/h3-6,9-11,13H,7-8,12H2,1-2H3,(H2,25,26)/t13?,21-/m0/s1. The number of ether oxygens (including phenoxy) is 2. The lowest BCUT2D eigenvalue weighted by atomic mass is 9.76. The van der Waals surface area contributed by atoms with Gasteiger partial charge in [-0.05, 0) is 36.8 Å². The maximum atomic E-state index is 15.0. The summed E-state index contributed by atoms with van der Waals surface area (Å²) in [6.07, 6.45) is 1.03. The van der Waals surface area contributed by atoms with Crippen LogP contribution in [0.25, 0.3) is 0 Å². The minimum absolute atomic E-state index is 0.0280. The molecular formula is C21H22F3N3O3. The van der Waals surface area contributed by atoms with Crippen LogP contribution in [0.4, 0.5) is 13.2 Å². The van der Waals surface area contributed by atoms with Crippen molar-refractivity contribution in [2.24, 2.45) is 5.92 Å². The Morgan fingerprint density at radius 2 is 1.97 bits per heavy atom. The Morgan fingerprint density at radius 1 is 1.23 bits per heavy atom. The Hall–Kier alpha value is -3.07. The van der Waals surface area contributed by atoms with E-state index in [4.69, 9.17) is 14.9 Å². The van der Waals surface area contributed by atoms with E-state index >= 15 is 0 Å². The zero-order valence-electron chi connectivity index (χ0n) is 16.5. The van der Waals surface area contributed by atoms with E-state index < -0.39 is 28.9 Å². The fourth-order valence-corrected chi connectivity index (χ4v) is 3.37. The van der Waals surface area contributed by atoms with Gasteiger partial charge in [-0.15, -0.1) is 0 Å². The van der Waals surface area contributed by atoms with E-state index in [-0.39, 0.29) is 29.6 Å². The van der Waals surface area contributed by atoms with Gasteiger partial charge in [-0.3, -0.25) is 5.41 Å². The van der Waals surface area contributed by atoms with Crippen LogP contribution in [-0.2, 0) is 15.1 Å². The molecule has 0 spiro atoms. The Bertz CT molecular complexity index is 954. The average Bonchev–Trinajstić information content (AvgIpc) is 2.72.